The van der Waals surface area contributed by atoms with Gasteiger partial charge >= 0.3 is 0 Å². The monoisotopic (exact) mass is 430 g/mol. The van der Waals surface area contributed by atoms with E-state index in [2.05, 4.69) is 26.1 Å². The minimum absolute atomic E-state index is 0.0478. The number of amides is 1. The molecule has 7 heteroatoms. The van der Waals surface area contributed by atoms with Gasteiger partial charge in [0.2, 0.25) is 10.0 Å². The van der Waals surface area contributed by atoms with Crippen molar-refractivity contribution in [1.29, 1.82) is 0 Å². The summed E-state index contributed by atoms with van der Waals surface area (Å²) in [6, 6.07) is 14.0. The number of ether oxygens (including phenoxy) is 1. The second kappa shape index (κ2) is 9.18. The Morgan fingerprint density at radius 3 is 2.17 bits per heavy atom. The minimum atomic E-state index is -3.41. The number of hydrogen-bond donors (Lipinski definition) is 1. The number of nitrogens with one attached hydrogen (secondary N) is 1. The lowest BCUT2D eigenvalue weighted by atomic mass is 9.87. The summed E-state index contributed by atoms with van der Waals surface area (Å²) in [5.41, 5.74) is 1.84. The fourth-order valence-corrected chi connectivity index (χ4v) is 4.86. The Morgan fingerprint density at radius 1 is 1.00 bits per heavy atom. The van der Waals surface area contributed by atoms with Gasteiger partial charge in [0.1, 0.15) is 12.4 Å². The number of sulfonamides is 1. The van der Waals surface area contributed by atoms with Crippen molar-refractivity contribution in [1.82, 2.24) is 9.62 Å². The average molecular weight is 431 g/mol. The molecule has 0 aromatic heterocycles. The van der Waals surface area contributed by atoms with Crippen LogP contribution in [-0.2, 0) is 15.4 Å². The van der Waals surface area contributed by atoms with Crippen molar-refractivity contribution in [2.75, 3.05) is 26.2 Å². The zero-order chi connectivity index (χ0) is 21.8. The smallest absolute Gasteiger partial charge is 0.251 e. The van der Waals surface area contributed by atoms with E-state index >= 15 is 0 Å². The highest BCUT2D eigenvalue weighted by atomic mass is 32.2. The highest BCUT2D eigenvalue weighted by molar-refractivity contribution is 7.89. The molecule has 0 aliphatic carbocycles. The Hall–Kier alpha value is -2.38. The topological polar surface area (TPSA) is 75.7 Å². The quantitative estimate of drug-likeness (QED) is 0.682. The molecular formula is C23H30N2O4S. The lowest BCUT2D eigenvalue weighted by molar-refractivity contribution is 0.0947. The molecule has 3 rings (SSSR count). The molecule has 1 amide bonds. The summed E-state index contributed by atoms with van der Waals surface area (Å²) in [6.45, 7) is 8.21. The van der Waals surface area contributed by atoms with Crippen LogP contribution in [0.5, 0.6) is 5.75 Å². The summed E-state index contributed by atoms with van der Waals surface area (Å²) in [7, 11) is -3.41. The Balaban J connectivity index is 1.47. The molecule has 1 N–H and O–H groups in total. The van der Waals surface area contributed by atoms with Crippen LogP contribution < -0.4 is 10.1 Å². The van der Waals surface area contributed by atoms with Crippen molar-refractivity contribution in [3.05, 3.63) is 59.7 Å². The molecule has 1 fully saturated rings. The molecule has 0 radical (unpaired) electrons. The molecule has 2 aromatic rings. The molecule has 0 spiro atoms. The number of carbonyl (C=O) groups excluding carboxylic acids is 1. The highest BCUT2D eigenvalue weighted by Crippen LogP contribution is 2.23. The fraction of sp³-hybridized carbons (Fsp3) is 0.435. The molecule has 0 unspecified atom stereocenters. The Kier molecular flexibility index (Phi) is 6.83. The first-order valence-corrected chi connectivity index (χ1v) is 11.7. The van der Waals surface area contributed by atoms with E-state index in [9.17, 15) is 13.2 Å². The molecule has 30 heavy (non-hydrogen) atoms. The van der Waals surface area contributed by atoms with Crippen LogP contribution in [0.2, 0.25) is 0 Å². The first-order valence-electron chi connectivity index (χ1n) is 10.3. The Labute approximate surface area is 179 Å². The molecule has 6 nitrogen and oxygen atoms in total. The van der Waals surface area contributed by atoms with Crippen molar-refractivity contribution in [2.45, 2.75) is 43.9 Å². The van der Waals surface area contributed by atoms with Crippen LogP contribution in [0.15, 0.2) is 53.4 Å². The molecule has 1 heterocycles. The second-order valence-electron chi connectivity index (χ2n) is 8.51. The molecule has 0 bridgehead atoms. The van der Waals surface area contributed by atoms with Crippen LogP contribution >= 0.6 is 0 Å². The number of hydrogen-bond acceptors (Lipinski definition) is 4. The van der Waals surface area contributed by atoms with Crippen LogP contribution in [0.25, 0.3) is 0 Å². The highest BCUT2D eigenvalue weighted by Gasteiger charge is 2.26. The normalized spacial score (nSPS) is 15.2. The number of carbonyl (C=O) groups is 1. The number of nitrogens with zero attached hydrogens (tertiary/aromatic N) is 1. The first-order chi connectivity index (χ1) is 14.2. The maximum atomic E-state index is 12.5. The third-order valence-electron chi connectivity index (χ3n) is 5.20. The van der Waals surface area contributed by atoms with Crippen LogP contribution in [0.4, 0.5) is 0 Å². The van der Waals surface area contributed by atoms with Gasteiger partial charge in [0.15, 0.2) is 0 Å². The predicted octanol–water partition coefficient (Wildman–Crippen LogP) is 3.58. The molecule has 162 valence electrons. The van der Waals surface area contributed by atoms with Gasteiger partial charge in [0.05, 0.1) is 11.4 Å². The summed E-state index contributed by atoms with van der Waals surface area (Å²) >= 11 is 0. The molecule has 0 saturated carbocycles. The summed E-state index contributed by atoms with van der Waals surface area (Å²) < 4.78 is 32.2. The van der Waals surface area contributed by atoms with Gasteiger partial charge in [0.25, 0.3) is 5.91 Å². The largest absolute Gasteiger partial charge is 0.492 e. The van der Waals surface area contributed by atoms with Gasteiger partial charge in [-0.2, -0.15) is 4.31 Å². The van der Waals surface area contributed by atoms with E-state index in [1.807, 2.05) is 24.3 Å². The van der Waals surface area contributed by atoms with Gasteiger partial charge in [-0.05, 0) is 60.2 Å². The van der Waals surface area contributed by atoms with E-state index in [0.717, 1.165) is 12.8 Å². The minimum Gasteiger partial charge on any atom is -0.492 e. The van der Waals surface area contributed by atoms with Gasteiger partial charge in [-0.3, -0.25) is 4.79 Å². The van der Waals surface area contributed by atoms with Crippen LogP contribution in [0.3, 0.4) is 0 Å². The van der Waals surface area contributed by atoms with Crippen molar-refractivity contribution >= 4 is 15.9 Å². The Morgan fingerprint density at radius 2 is 1.60 bits per heavy atom. The summed E-state index contributed by atoms with van der Waals surface area (Å²) in [5, 5.41) is 2.83. The summed E-state index contributed by atoms with van der Waals surface area (Å²) in [5.74, 6) is 0.422. The van der Waals surface area contributed by atoms with Crippen LogP contribution in [0.1, 0.15) is 49.5 Å². The third kappa shape index (κ3) is 5.40. The van der Waals surface area contributed by atoms with Crippen molar-refractivity contribution in [2.24, 2.45) is 0 Å². The molecule has 2 aromatic carbocycles. The van der Waals surface area contributed by atoms with Gasteiger partial charge < -0.3 is 10.1 Å². The molecule has 1 saturated heterocycles. The van der Waals surface area contributed by atoms with E-state index in [1.165, 1.54) is 9.87 Å². The van der Waals surface area contributed by atoms with E-state index in [0.29, 0.717) is 37.6 Å². The summed E-state index contributed by atoms with van der Waals surface area (Å²) in [6.07, 6.45) is 1.82. The van der Waals surface area contributed by atoms with E-state index in [4.69, 9.17) is 4.74 Å². The van der Waals surface area contributed by atoms with Crippen LogP contribution in [0, 0.1) is 0 Å². The van der Waals surface area contributed by atoms with Crippen molar-refractivity contribution in [3.8, 4) is 5.75 Å². The molecule has 1 aliphatic rings. The van der Waals surface area contributed by atoms with Crippen LogP contribution in [-0.4, -0.2) is 44.9 Å². The SMILES string of the molecule is CC(C)(C)c1ccc(C(=O)NCCOc2ccc(S(=O)(=O)N3CCCC3)cc2)cc1. The van der Waals surface area contributed by atoms with Crippen molar-refractivity contribution in [3.63, 3.8) is 0 Å². The Bertz CT molecular complexity index is 956. The van der Waals surface area contributed by atoms with E-state index in [1.54, 1.807) is 24.3 Å². The zero-order valence-electron chi connectivity index (χ0n) is 17.8. The fourth-order valence-electron chi connectivity index (χ4n) is 3.34. The third-order valence-corrected chi connectivity index (χ3v) is 7.11. The number of rotatable bonds is 7. The first kappa shape index (κ1) is 22.3. The van der Waals surface area contributed by atoms with Gasteiger partial charge in [0, 0.05) is 18.7 Å². The maximum absolute atomic E-state index is 12.5. The lowest BCUT2D eigenvalue weighted by Crippen LogP contribution is -2.28. The van der Waals surface area contributed by atoms with Crippen molar-refractivity contribution < 1.29 is 17.9 Å². The standard InChI is InChI=1S/C23H30N2O4S/c1-23(2,3)19-8-6-18(7-9-19)22(26)24-14-17-29-20-10-12-21(13-11-20)30(27,28)25-15-4-5-16-25/h6-13H,4-5,14-17H2,1-3H3,(H,24,26). The zero-order valence-corrected chi connectivity index (χ0v) is 18.7. The van der Waals surface area contributed by atoms with Gasteiger partial charge in [-0.15, -0.1) is 0 Å². The van der Waals surface area contributed by atoms with Gasteiger partial charge in [-0.1, -0.05) is 32.9 Å². The molecule has 1 aliphatic heterocycles. The second-order valence-corrected chi connectivity index (χ2v) is 10.5. The van der Waals surface area contributed by atoms with E-state index < -0.39 is 10.0 Å². The summed E-state index contributed by atoms with van der Waals surface area (Å²) in [4.78, 5) is 12.5. The predicted molar refractivity (Wildman–Crippen MR) is 117 cm³/mol. The van der Waals surface area contributed by atoms with E-state index in [-0.39, 0.29) is 16.2 Å². The maximum Gasteiger partial charge on any atom is 0.251 e. The number of benzene rings is 2. The molecular weight excluding hydrogens is 400 g/mol. The average Bonchev–Trinajstić information content (AvgIpc) is 3.27. The molecule has 0 atom stereocenters. The van der Waals surface area contributed by atoms with Gasteiger partial charge in [-0.25, -0.2) is 8.42 Å². The lowest BCUT2D eigenvalue weighted by Gasteiger charge is -2.19.